The van der Waals surface area contributed by atoms with Gasteiger partial charge < -0.3 is 20.3 Å². The van der Waals surface area contributed by atoms with Gasteiger partial charge in [0.05, 0.1) is 22.3 Å². The number of anilines is 3. The lowest BCUT2D eigenvalue weighted by molar-refractivity contribution is 0.134. The van der Waals surface area contributed by atoms with Crippen LogP contribution in [0.2, 0.25) is 0 Å². The number of benzene rings is 1. The van der Waals surface area contributed by atoms with E-state index in [-0.39, 0.29) is 24.8 Å². The lowest BCUT2D eigenvalue weighted by Gasteiger charge is -2.25. The molecule has 1 amide bonds. The summed E-state index contributed by atoms with van der Waals surface area (Å²) in [6, 6.07) is 14.1. The molecule has 174 valence electrons. The summed E-state index contributed by atoms with van der Waals surface area (Å²) in [6.45, 7) is 2.22. The van der Waals surface area contributed by atoms with E-state index < -0.39 is 0 Å². The topological polar surface area (TPSA) is 108 Å². The quantitative estimate of drug-likeness (QED) is 0.377. The molecule has 0 saturated carbocycles. The number of rotatable bonds is 6. The molecule has 34 heavy (non-hydrogen) atoms. The van der Waals surface area contributed by atoms with Gasteiger partial charge in [-0.2, -0.15) is 10.1 Å². The number of nitrogens with zero attached hydrogens (tertiary/aromatic N) is 4. The van der Waals surface area contributed by atoms with E-state index in [9.17, 15) is 4.79 Å². The van der Waals surface area contributed by atoms with Gasteiger partial charge in [-0.05, 0) is 43.2 Å². The van der Waals surface area contributed by atoms with Gasteiger partial charge in [0, 0.05) is 17.8 Å². The second kappa shape index (κ2) is 8.60. The standard InChI is InChI=1S/C24H25N7O2S/c1-14-11-20(30-29-14)27-22-21-17(9-10-34-21)25-23(28-22)31-16-7-8-19(31)18(12-16)26-24(32)33-13-15-5-3-2-4-6-15/h2-6,9-11,16,18-19H,7-8,12-13H2,1H3,(H,26,32)(H2,25,27,28,29,30)/t16-,18-,19-/m0/s1. The maximum atomic E-state index is 12.5. The van der Waals surface area contributed by atoms with E-state index in [4.69, 9.17) is 14.7 Å². The van der Waals surface area contributed by atoms with Crippen LogP contribution in [0.1, 0.15) is 30.5 Å². The van der Waals surface area contributed by atoms with Gasteiger partial charge in [0.2, 0.25) is 5.95 Å². The van der Waals surface area contributed by atoms with Crippen LogP contribution in [0.25, 0.3) is 10.2 Å². The lowest BCUT2D eigenvalue weighted by Crippen LogP contribution is -2.44. The number of aryl methyl sites for hydroxylation is 1. The van der Waals surface area contributed by atoms with Gasteiger partial charge in [0.15, 0.2) is 11.6 Å². The molecule has 0 spiro atoms. The number of aromatic amines is 1. The van der Waals surface area contributed by atoms with Crippen molar-refractivity contribution in [3.63, 3.8) is 0 Å². The Hall–Kier alpha value is -3.66. The second-order valence-electron chi connectivity index (χ2n) is 8.82. The molecule has 2 aliphatic rings. The van der Waals surface area contributed by atoms with Gasteiger partial charge in [-0.1, -0.05) is 30.3 Å². The van der Waals surface area contributed by atoms with Crippen LogP contribution in [-0.2, 0) is 11.3 Å². The molecule has 3 N–H and O–H groups in total. The molecule has 0 aliphatic carbocycles. The van der Waals surface area contributed by atoms with Crippen molar-refractivity contribution >= 4 is 45.2 Å². The maximum Gasteiger partial charge on any atom is 0.407 e. The van der Waals surface area contributed by atoms with Crippen LogP contribution < -0.4 is 15.5 Å². The highest BCUT2D eigenvalue weighted by molar-refractivity contribution is 7.17. The Morgan fingerprint density at radius 1 is 1.24 bits per heavy atom. The summed E-state index contributed by atoms with van der Waals surface area (Å²) in [5.41, 5.74) is 2.85. The minimum atomic E-state index is -0.383. The number of aromatic nitrogens is 4. The smallest absolute Gasteiger partial charge is 0.407 e. The zero-order valence-corrected chi connectivity index (χ0v) is 19.5. The molecule has 5 heterocycles. The number of thiophene rings is 1. The fourth-order valence-corrected chi connectivity index (χ4v) is 5.80. The molecule has 0 radical (unpaired) electrons. The molecule has 4 aromatic rings. The highest BCUT2D eigenvalue weighted by Crippen LogP contribution is 2.41. The predicted molar refractivity (Wildman–Crippen MR) is 131 cm³/mol. The van der Waals surface area contributed by atoms with E-state index in [1.54, 1.807) is 11.3 Å². The number of fused-ring (bicyclic) bond motifs is 3. The van der Waals surface area contributed by atoms with Crippen molar-refractivity contribution in [3.05, 3.63) is 59.1 Å². The van der Waals surface area contributed by atoms with Gasteiger partial charge >= 0.3 is 6.09 Å². The number of amides is 1. The first-order chi connectivity index (χ1) is 16.6. The number of ether oxygens (including phenoxy) is 1. The molecule has 10 heteroatoms. The number of alkyl carbamates (subject to hydrolysis) is 1. The number of carbonyl (C=O) groups is 1. The Balaban J connectivity index is 1.19. The zero-order chi connectivity index (χ0) is 23.1. The Morgan fingerprint density at radius 3 is 2.94 bits per heavy atom. The number of nitrogens with one attached hydrogen (secondary N) is 3. The third-order valence-corrected chi connectivity index (χ3v) is 7.44. The Bertz CT molecular complexity index is 1320. The fourth-order valence-electron chi connectivity index (χ4n) is 5.03. The highest BCUT2D eigenvalue weighted by Gasteiger charge is 2.48. The summed E-state index contributed by atoms with van der Waals surface area (Å²) in [4.78, 5) is 24.5. The Labute approximate surface area is 200 Å². The van der Waals surface area contributed by atoms with Crippen molar-refractivity contribution in [2.24, 2.45) is 0 Å². The molecule has 2 fully saturated rings. The molecule has 0 unspecified atom stereocenters. The van der Waals surface area contributed by atoms with Crippen LogP contribution in [0.3, 0.4) is 0 Å². The van der Waals surface area contributed by atoms with E-state index >= 15 is 0 Å². The van der Waals surface area contributed by atoms with Crippen molar-refractivity contribution in [3.8, 4) is 0 Å². The van der Waals surface area contributed by atoms with Crippen LogP contribution in [0.15, 0.2) is 47.8 Å². The SMILES string of the molecule is Cc1cc(Nc2nc(N3[C@H]4CC[C@H]3[C@@H](NC(=O)OCc3ccccc3)C4)nc3ccsc23)n[nH]1. The number of carbonyl (C=O) groups excluding carboxylic acids is 1. The van der Waals surface area contributed by atoms with Crippen LogP contribution in [0, 0.1) is 6.92 Å². The molecule has 3 aromatic heterocycles. The molecule has 2 aliphatic heterocycles. The molecular weight excluding hydrogens is 450 g/mol. The summed E-state index contributed by atoms with van der Waals surface area (Å²) in [7, 11) is 0. The van der Waals surface area contributed by atoms with E-state index in [0.29, 0.717) is 12.0 Å². The van der Waals surface area contributed by atoms with Crippen LogP contribution in [0.4, 0.5) is 22.4 Å². The number of H-pyrrole nitrogens is 1. The molecule has 2 bridgehead atoms. The maximum absolute atomic E-state index is 12.5. The normalized spacial score (nSPS) is 21.2. The van der Waals surface area contributed by atoms with Gasteiger partial charge in [-0.25, -0.2) is 9.78 Å². The van der Waals surface area contributed by atoms with E-state index in [1.807, 2.05) is 54.8 Å². The van der Waals surface area contributed by atoms with Crippen molar-refractivity contribution < 1.29 is 9.53 Å². The summed E-state index contributed by atoms with van der Waals surface area (Å²) in [5.74, 6) is 2.16. The van der Waals surface area contributed by atoms with Crippen LogP contribution in [0.5, 0.6) is 0 Å². The monoisotopic (exact) mass is 475 g/mol. The predicted octanol–water partition coefficient (Wildman–Crippen LogP) is 4.50. The van der Waals surface area contributed by atoms with Crippen molar-refractivity contribution in [1.29, 1.82) is 0 Å². The summed E-state index contributed by atoms with van der Waals surface area (Å²) < 4.78 is 6.45. The van der Waals surface area contributed by atoms with Gasteiger partial charge in [-0.15, -0.1) is 11.3 Å². The molecule has 3 atom stereocenters. The first-order valence-corrected chi connectivity index (χ1v) is 12.3. The molecule has 6 rings (SSSR count). The third-order valence-electron chi connectivity index (χ3n) is 6.53. The average molecular weight is 476 g/mol. The fraction of sp³-hybridized carbons (Fsp3) is 0.333. The third kappa shape index (κ3) is 3.94. The largest absolute Gasteiger partial charge is 0.445 e. The van der Waals surface area contributed by atoms with Gasteiger partial charge in [0.1, 0.15) is 6.61 Å². The molecule has 1 aromatic carbocycles. The molecule has 9 nitrogen and oxygen atoms in total. The van der Waals surface area contributed by atoms with E-state index in [1.165, 1.54) is 0 Å². The second-order valence-corrected chi connectivity index (χ2v) is 9.74. The lowest BCUT2D eigenvalue weighted by atomic mass is 9.96. The Morgan fingerprint density at radius 2 is 2.12 bits per heavy atom. The summed E-state index contributed by atoms with van der Waals surface area (Å²) in [6.07, 6.45) is 2.53. The van der Waals surface area contributed by atoms with Crippen molar-refractivity contribution in [2.45, 2.75) is 50.9 Å². The van der Waals surface area contributed by atoms with E-state index in [2.05, 4.69) is 25.7 Å². The van der Waals surface area contributed by atoms with E-state index in [0.717, 1.165) is 52.4 Å². The zero-order valence-electron chi connectivity index (χ0n) is 18.7. The van der Waals surface area contributed by atoms with Crippen molar-refractivity contribution in [2.75, 3.05) is 10.2 Å². The minimum absolute atomic E-state index is 0.00851. The summed E-state index contributed by atoms with van der Waals surface area (Å²) >= 11 is 1.60. The first kappa shape index (κ1) is 20.9. The highest BCUT2D eigenvalue weighted by atomic mass is 32.1. The molecular formula is C24H25N7O2S. The van der Waals surface area contributed by atoms with Gasteiger partial charge in [0.25, 0.3) is 0 Å². The van der Waals surface area contributed by atoms with Crippen molar-refractivity contribution in [1.82, 2.24) is 25.5 Å². The first-order valence-electron chi connectivity index (χ1n) is 11.4. The summed E-state index contributed by atoms with van der Waals surface area (Å²) in [5, 5.41) is 15.7. The number of hydrogen-bond acceptors (Lipinski definition) is 8. The Kier molecular flexibility index (Phi) is 5.29. The van der Waals surface area contributed by atoms with Crippen LogP contribution >= 0.6 is 11.3 Å². The number of hydrogen-bond donors (Lipinski definition) is 3. The average Bonchev–Trinajstić information content (AvgIpc) is 3.62. The minimum Gasteiger partial charge on any atom is -0.445 e. The molecule has 2 saturated heterocycles. The van der Waals surface area contributed by atoms with Crippen LogP contribution in [-0.4, -0.2) is 44.4 Å². The van der Waals surface area contributed by atoms with Gasteiger partial charge in [-0.3, -0.25) is 5.10 Å².